The molecule has 5 heteroatoms. The summed E-state index contributed by atoms with van der Waals surface area (Å²) < 4.78 is 0. The van der Waals surface area contributed by atoms with Gasteiger partial charge in [-0.15, -0.1) is 0 Å². The van der Waals surface area contributed by atoms with Gasteiger partial charge in [-0.1, -0.05) is 36.8 Å². The van der Waals surface area contributed by atoms with Crippen LogP contribution in [0.3, 0.4) is 0 Å². The summed E-state index contributed by atoms with van der Waals surface area (Å²) in [4.78, 5) is 23.8. The number of likely N-dealkylation sites (N-methyl/N-ethyl adjacent to an activating group) is 1. The Balaban J connectivity index is 2.00. The summed E-state index contributed by atoms with van der Waals surface area (Å²) in [6.45, 7) is 10.1. The second-order valence-corrected chi connectivity index (χ2v) is 7.52. The SMILES string of the molecule is C/C=C\C1=C(/C)C(=O)N(C)c2cnc(Nc3ccc(C)cc3C)nc2CC1C. The highest BCUT2D eigenvalue weighted by Crippen LogP contribution is 2.31. The van der Waals surface area contributed by atoms with E-state index in [0.29, 0.717) is 5.95 Å². The fraction of sp³-hybridized carbons (Fsp3) is 0.348. The van der Waals surface area contributed by atoms with Crippen LogP contribution in [0.1, 0.15) is 37.6 Å². The molecule has 1 aliphatic rings. The Morgan fingerprint density at radius 1 is 1.25 bits per heavy atom. The van der Waals surface area contributed by atoms with Crippen LogP contribution in [0.4, 0.5) is 17.3 Å². The van der Waals surface area contributed by atoms with Crippen LogP contribution in [0, 0.1) is 19.8 Å². The molecule has 0 saturated heterocycles. The van der Waals surface area contributed by atoms with Crippen molar-refractivity contribution >= 4 is 23.2 Å². The predicted octanol–water partition coefficient (Wildman–Crippen LogP) is 4.88. The third kappa shape index (κ3) is 3.84. The first-order valence-electron chi connectivity index (χ1n) is 9.63. The number of aromatic nitrogens is 2. The molecular weight excluding hydrogens is 348 g/mol. The Morgan fingerprint density at radius 2 is 2.00 bits per heavy atom. The molecule has 0 fully saturated rings. The number of carbonyl (C=O) groups excluding carboxylic acids is 1. The van der Waals surface area contributed by atoms with Crippen LogP contribution in [0.5, 0.6) is 0 Å². The second-order valence-electron chi connectivity index (χ2n) is 7.52. The Kier molecular flexibility index (Phi) is 5.63. The van der Waals surface area contributed by atoms with Crippen LogP contribution in [-0.4, -0.2) is 22.9 Å². The molecule has 146 valence electrons. The molecule has 1 aromatic heterocycles. The summed E-state index contributed by atoms with van der Waals surface area (Å²) in [5.41, 5.74) is 6.82. The molecule has 1 atom stereocenters. The van der Waals surface area contributed by atoms with Gasteiger partial charge in [0, 0.05) is 18.3 Å². The topological polar surface area (TPSA) is 58.1 Å². The molecule has 1 aliphatic heterocycles. The number of carbonyl (C=O) groups is 1. The lowest BCUT2D eigenvalue weighted by molar-refractivity contribution is -0.114. The van der Waals surface area contributed by atoms with Gasteiger partial charge in [-0.25, -0.2) is 9.97 Å². The van der Waals surface area contributed by atoms with Gasteiger partial charge in [0.15, 0.2) is 0 Å². The van der Waals surface area contributed by atoms with E-state index in [4.69, 9.17) is 4.98 Å². The fourth-order valence-electron chi connectivity index (χ4n) is 3.70. The average molecular weight is 377 g/mol. The fourth-order valence-corrected chi connectivity index (χ4v) is 3.70. The second kappa shape index (κ2) is 7.97. The summed E-state index contributed by atoms with van der Waals surface area (Å²) in [6.07, 6.45) is 6.51. The number of nitrogens with one attached hydrogen (secondary N) is 1. The Labute approximate surface area is 167 Å². The van der Waals surface area contributed by atoms with E-state index >= 15 is 0 Å². The number of benzene rings is 1. The largest absolute Gasteiger partial charge is 0.324 e. The van der Waals surface area contributed by atoms with Crippen LogP contribution in [0.15, 0.2) is 47.7 Å². The standard InChI is InChI=1S/C23H28N4O/c1-7-8-18-15(3)12-20-21(27(6)22(28)17(18)5)13-24-23(26-20)25-19-10-9-14(2)11-16(19)4/h7-11,13,15H,12H2,1-6H3,(H,24,25,26)/b8-7-,18-17-. The number of hydrogen-bond acceptors (Lipinski definition) is 4. The molecule has 28 heavy (non-hydrogen) atoms. The van der Waals surface area contributed by atoms with Crippen LogP contribution >= 0.6 is 0 Å². The van der Waals surface area contributed by atoms with E-state index < -0.39 is 0 Å². The molecule has 2 aromatic rings. The Bertz CT molecular complexity index is 975. The van der Waals surface area contributed by atoms with E-state index in [1.165, 1.54) is 5.56 Å². The smallest absolute Gasteiger partial charge is 0.254 e. The van der Waals surface area contributed by atoms with Gasteiger partial charge in [-0.2, -0.15) is 0 Å². The molecule has 0 radical (unpaired) electrons. The van der Waals surface area contributed by atoms with E-state index in [0.717, 1.165) is 40.2 Å². The maximum Gasteiger partial charge on any atom is 0.254 e. The zero-order chi connectivity index (χ0) is 20.4. The molecule has 5 nitrogen and oxygen atoms in total. The highest BCUT2D eigenvalue weighted by Gasteiger charge is 2.26. The van der Waals surface area contributed by atoms with E-state index in [1.807, 2.05) is 32.1 Å². The number of amides is 1. The van der Waals surface area contributed by atoms with Crippen molar-refractivity contribution in [3.8, 4) is 0 Å². The lowest BCUT2D eigenvalue weighted by atomic mass is 9.89. The zero-order valence-corrected chi connectivity index (χ0v) is 17.5. The zero-order valence-electron chi connectivity index (χ0n) is 17.5. The molecule has 3 rings (SSSR count). The molecule has 0 aliphatic carbocycles. The average Bonchev–Trinajstić information content (AvgIpc) is 2.66. The highest BCUT2D eigenvalue weighted by molar-refractivity contribution is 6.06. The third-order valence-electron chi connectivity index (χ3n) is 5.27. The highest BCUT2D eigenvalue weighted by atomic mass is 16.2. The molecular formula is C23H28N4O. The van der Waals surface area contributed by atoms with Gasteiger partial charge in [0.25, 0.3) is 5.91 Å². The van der Waals surface area contributed by atoms with Crippen molar-refractivity contribution in [2.24, 2.45) is 5.92 Å². The van der Waals surface area contributed by atoms with Crippen molar-refractivity contribution in [3.63, 3.8) is 0 Å². The quantitative estimate of drug-likeness (QED) is 0.829. The number of rotatable bonds is 3. The number of aryl methyl sites for hydroxylation is 2. The van der Waals surface area contributed by atoms with E-state index in [-0.39, 0.29) is 11.8 Å². The van der Waals surface area contributed by atoms with Gasteiger partial charge in [0.05, 0.1) is 17.6 Å². The predicted molar refractivity (Wildman–Crippen MR) is 115 cm³/mol. The van der Waals surface area contributed by atoms with E-state index in [2.05, 4.69) is 43.2 Å². The summed E-state index contributed by atoms with van der Waals surface area (Å²) in [6, 6.07) is 6.23. The lowest BCUT2D eigenvalue weighted by Gasteiger charge is -2.27. The van der Waals surface area contributed by atoms with Crippen molar-refractivity contribution in [3.05, 3.63) is 64.5 Å². The minimum Gasteiger partial charge on any atom is -0.324 e. The first kappa shape index (κ1) is 19.8. The Morgan fingerprint density at radius 3 is 2.68 bits per heavy atom. The molecule has 0 spiro atoms. The van der Waals surface area contributed by atoms with Crippen molar-refractivity contribution in [2.75, 3.05) is 17.3 Å². The van der Waals surface area contributed by atoms with Gasteiger partial charge in [-0.05, 0) is 57.2 Å². The number of fused-ring (bicyclic) bond motifs is 1. The molecule has 0 bridgehead atoms. The first-order chi connectivity index (χ1) is 13.3. The number of nitrogens with zero attached hydrogens (tertiary/aromatic N) is 3. The Hall–Kier alpha value is -2.95. The van der Waals surface area contributed by atoms with Crippen molar-refractivity contribution in [2.45, 2.75) is 41.0 Å². The monoisotopic (exact) mass is 376 g/mol. The van der Waals surface area contributed by atoms with E-state index in [9.17, 15) is 4.79 Å². The van der Waals surface area contributed by atoms with Crippen LogP contribution < -0.4 is 10.2 Å². The minimum absolute atomic E-state index is 0.0143. The molecule has 1 aromatic carbocycles. The van der Waals surface area contributed by atoms with Crippen molar-refractivity contribution < 1.29 is 4.79 Å². The minimum atomic E-state index is -0.0143. The molecule has 0 saturated carbocycles. The van der Waals surface area contributed by atoms with Crippen molar-refractivity contribution in [1.29, 1.82) is 0 Å². The molecule has 2 heterocycles. The van der Waals surface area contributed by atoms with Crippen LogP contribution in [0.25, 0.3) is 0 Å². The van der Waals surface area contributed by atoms with Gasteiger partial charge in [-0.3, -0.25) is 4.79 Å². The first-order valence-corrected chi connectivity index (χ1v) is 9.63. The summed E-state index contributed by atoms with van der Waals surface area (Å²) in [5.74, 6) is 0.726. The molecule has 1 N–H and O–H groups in total. The van der Waals surface area contributed by atoms with Crippen molar-refractivity contribution in [1.82, 2.24) is 9.97 Å². The third-order valence-corrected chi connectivity index (χ3v) is 5.27. The number of anilines is 3. The molecule has 1 amide bonds. The number of hydrogen-bond donors (Lipinski definition) is 1. The number of allylic oxidation sites excluding steroid dienone is 3. The summed E-state index contributed by atoms with van der Waals surface area (Å²) >= 11 is 0. The van der Waals surface area contributed by atoms with Crippen LogP contribution in [0.2, 0.25) is 0 Å². The normalized spacial score (nSPS) is 20.1. The van der Waals surface area contributed by atoms with Gasteiger partial charge in [0.1, 0.15) is 0 Å². The molecule has 1 unspecified atom stereocenters. The van der Waals surface area contributed by atoms with Gasteiger partial charge < -0.3 is 10.2 Å². The summed E-state index contributed by atoms with van der Waals surface area (Å²) in [7, 11) is 1.79. The van der Waals surface area contributed by atoms with Gasteiger partial charge in [0.2, 0.25) is 5.95 Å². The van der Waals surface area contributed by atoms with Gasteiger partial charge >= 0.3 is 0 Å². The maximum absolute atomic E-state index is 12.9. The maximum atomic E-state index is 12.9. The summed E-state index contributed by atoms with van der Waals surface area (Å²) in [5, 5.41) is 3.32. The lowest BCUT2D eigenvalue weighted by Crippen LogP contribution is -2.31. The van der Waals surface area contributed by atoms with Crippen LogP contribution in [-0.2, 0) is 11.2 Å². The van der Waals surface area contributed by atoms with E-state index in [1.54, 1.807) is 18.1 Å².